The monoisotopic (exact) mass is 302 g/mol. The van der Waals surface area contributed by atoms with E-state index in [0.717, 1.165) is 25.7 Å². The third-order valence-electron chi connectivity index (χ3n) is 5.78. The molecule has 2 aliphatic rings. The van der Waals surface area contributed by atoms with Gasteiger partial charge in [-0.3, -0.25) is 0 Å². The van der Waals surface area contributed by atoms with E-state index in [9.17, 15) is 8.42 Å². The minimum Gasteiger partial charge on any atom is -0.330 e. The summed E-state index contributed by atoms with van der Waals surface area (Å²) in [7, 11) is -3.03. The van der Waals surface area contributed by atoms with Crippen LogP contribution in [0.3, 0.4) is 0 Å². The van der Waals surface area contributed by atoms with Gasteiger partial charge in [-0.1, -0.05) is 27.2 Å². The van der Waals surface area contributed by atoms with E-state index in [0.29, 0.717) is 36.1 Å². The predicted octanol–water partition coefficient (Wildman–Crippen LogP) is 2.20. The summed E-state index contributed by atoms with van der Waals surface area (Å²) in [6.45, 7) is 8.17. The highest BCUT2D eigenvalue weighted by Gasteiger charge is 2.43. The molecule has 1 saturated heterocycles. The molecule has 1 saturated carbocycles. The molecule has 2 N–H and O–H groups in total. The molecule has 0 aromatic carbocycles. The molecular formula is C15H30N2O2S. The van der Waals surface area contributed by atoms with Gasteiger partial charge in [0, 0.05) is 12.6 Å². The van der Waals surface area contributed by atoms with Crippen molar-refractivity contribution >= 4 is 10.0 Å². The third-order valence-corrected chi connectivity index (χ3v) is 7.76. The van der Waals surface area contributed by atoms with Gasteiger partial charge in [0.05, 0.1) is 5.75 Å². The Labute approximate surface area is 124 Å². The van der Waals surface area contributed by atoms with Gasteiger partial charge in [0.25, 0.3) is 0 Å². The predicted molar refractivity (Wildman–Crippen MR) is 82.9 cm³/mol. The first-order valence-electron chi connectivity index (χ1n) is 8.01. The van der Waals surface area contributed by atoms with E-state index in [1.54, 1.807) is 4.31 Å². The van der Waals surface area contributed by atoms with Gasteiger partial charge in [0.2, 0.25) is 10.0 Å². The second-order valence-electron chi connectivity index (χ2n) is 7.20. The second-order valence-corrected chi connectivity index (χ2v) is 9.24. The lowest BCUT2D eigenvalue weighted by molar-refractivity contribution is 0.0753. The average Bonchev–Trinajstić information content (AvgIpc) is 2.77. The third kappa shape index (κ3) is 3.04. The first-order chi connectivity index (χ1) is 9.31. The fourth-order valence-electron chi connectivity index (χ4n) is 3.87. The van der Waals surface area contributed by atoms with Crippen LogP contribution in [0.15, 0.2) is 0 Å². The minimum absolute atomic E-state index is 0.136. The Bertz CT molecular complexity index is 433. The SMILES string of the molecule is CCC(C)(C)C1CCC(CN)C(N2CCCS2(=O)=O)C1. The Morgan fingerprint density at radius 3 is 2.50 bits per heavy atom. The molecule has 0 aromatic heterocycles. The molecule has 4 nitrogen and oxygen atoms in total. The van der Waals surface area contributed by atoms with Crippen LogP contribution < -0.4 is 5.73 Å². The number of nitrogens with two attached hydrogens (primary N) is 1. The quantitative estimate of drug-likeness (QED) is 0.866. The summed E-state index contributed by atoms with van der Waals surface area (Å²) in [6, 6.07) is 0.136. The van der Waals surface area contributed by atoms with E-state index in [1.165, 1.54) is 6.42 Å². The first-order valence-corrected chi connectivity index (χ1v) is 9.62. The number of sulfonamides is 1. The van der Waals surface area contributed by atoms with Crippen LogP contribution in [-0.4, -0.2) is 37.6 Å². The maximum Gasteiger partial charge on any atom is 0.214 e. The lowest BCUT2D eigenvalue weighted by Gasteiger charge is -2.45. The number of hydrogen-bond acceptors (Lipinski definition) is 3. The fourth-order valence-corrected chi connectivity index (χ4v) is 5.67. The molecule has 3 unspecified atom stereocenters. The summed E-state index contributed by atoms with van der Waals surface area (Å²) in [4.78, 5) is 0. The Morgan fingerprint density at radius 1 is 1.30 bits per heavy atom. The van der Waals surface area contributed by atoms with E-state index in [-0.39, 0.29) is 6.04 Å². The fraction of sp³-hybridized carbons (Fsp3) is 1.00. The zero-order chi connectivity index (χ0) is 15.0. The van der Waals surface area contributed by atoms with Gasteiger partial charge in [-0.2, -0.15) is 4.31 Å². The highest BCUT2D eigenvalue weighted by Crippen LogP contribution is 2.44. The van der Waals surface area contributed by atoms with Crippen molar-refractivity contribution in [1.29, 1.82) is 0 Å². The van der Waals surface area contributed by atoms with Crippen LogP contribution in [0.4, 0.5) is 0 Å². The van der Waals surface area contributed by atoms with E-state index < -0.39 is 10.0 Å². The van der Waals surface area contributed by atoms with Crippen LogP contribution in [0.25, 0.3) is 0 Å². The Kier molecular flexibility index (Phi) is 4.82. The van der Waals surface area contributed by atoms with Crippen molar-refractivity contribution in [3.63, 3.8) is 0 Å². The molecule has 2 fully saturated rings. The van der Waals surface area contributed by atoms with Gasteiger partial charge in [0.1, 0.15) is 0 Å². The van der Waals surface area contributed by atoms with Crippen LogP contribution in [0.5, 0.6) is 0 Å². The minimum atomic E-state index is -3.03. The zero-order valence-electron chi connectivity index (χ0n) is 13.1. The van der Waals surface area contributed by atoms with Crippen molar-refractivity contribution in [3.8, 4) is 0 Å². The van der Waals surface area contributed by atoms with E-state index in [4.69, 9.17) is 5.73 Å². The molecule has 0 amide bonds. The molecule has 0 spiro atoms. The maximum atomic E-state index is 12.2. The lowest BCUT2D eigenvalue weighted by Crippen LogP contribution is -2.49. The molecule has 0 radical (unpaired) electrons. The van der Waals surface area contributed by atoms with Crippen LogP contribution in [0.1, 0.15) is 52.9 Å². The molecule has 1 heterocycles. The molecule has 0 bridgehead atoms. The number of hydrogen-bond donors (Lipinski definition) is 1. The molecule has 2 rings (SSSR count). The summed E-state index contributed by atoms with van der Waals surface area (Å²) in [5.41, 5.74) is 6.21. The smallest absolute Gasteiger partial charge is 0.214 e. The second kappa shape index (κ2) is 5.93. The molecule has 118 valence electrons. The van der Waals surface area contributed by atoms with Crippen LogP contribution >= 0.6 is 0 Å². The summed E-state index contributed by atoms with van der Waals surface area (Å²) >= 11 is 0. The first kappa shape index (κ1) is 16.2. The van der Waals surface area contributed by atoms with E-state index >= 15 is 0 Å². The molecular weight excluding hydrogens is 272 g/mol. The van der Waals surface area contributed by atoms with Crippen molar-refractivity contribution in [1.82, 2.24) is 4.31 Å². The highest BCUT2D eigenvalue weighted by atomic mass is 32.2. The Hall–Kier alpha value is -0.130. The molecule has 0 aromatic rings. The highest BCUT2D eigenvalue weighted by molar-refractivity contribution is 7.89. The van der Waals surface area contributed by atoms with Crippen LogP contribution in [-0.2, 0) is 10.0 Å². The standard InChI is InChI=1S/C15H30N2O2S/c1-4-15(2,3)13-7-6-12(11-16)14(10-13)17-8-5-9-20(17,18)19/h12-14H,4-11,16H2,1-3H3. The summed E-state index contributed by atoms with van der Waals surface area (Å²) in [6.07, 6.45) is 5.17. The Balaban J connectivity index is 2.19. The van der Waals surface area contributed by atoms with E-state index in [2.05, 4.69) is 20.8 Å². The van der Waals surface area contributed by atoms with Gasteiger partial charge >= 0.3 is 0 Å². The van der Waals surface area contributed by atoms with Gasteiger partial charge in [0.15, 0.2) is 0 Å². The number of rotatable bonds is 4. The molecule has 3 atom stereocenters. The van der Waals surface area contributed by atoms with E-state index in [1.807, 2.05) is 0 Å². The van der Waals surface area contributed by atoms with Gasteiger partial charge in [-0.25, -0.2) is 8.42 Å². The Morgan fingerprint density at radius 2 is 2.00 bits per heavy atom. The van der Waals surface area contributed by atoms with Crippen LogP contribution in [0, 0.1) is 17.3 Å². The summed E-state index contributed by atoms with van der Waals surface area (Å²) in [5, 5.41) is 0. The largest absolute Gasteiger partial charge is 0.330 e. The average molecular weight is 302 g/mol. The zero-order valence-corrected chi connectivity index (χ0v) is 14.0. The number of nitrogens with zero attached hydrogens (tertiary/aromatic N) is 1. The molecule has 1 aliphatic carbocycles. The summed E-state index contributed by atoms with van der Waals surface area (Å²) < 4.78 is 26.2. The maximum absolute atomic E-state index is 12.2. The summed E-state index contributed by atoms with van der Waals surface area (Å²) in [5.74, 6) is 1.27. The lowest BCUT2D eigenvalue weighted by atomic mass is 9.66. The van der Waals surface area contributed by atoms with Crippen molar-refractivity contribution in [2.75, 3.05) is 18.8 Å². The molecule has 20 heavy (non-hydrogen) atoms. The topological polar surface area (TPSA) is 63.4 Å². The van der Waals surface area contributed by atoms with Crippen molar-refractivity contribution in [2.45, 2.75) is 58.9 Å². The van der Waals surface area contributed by atoms with Gasteiger partial charge < -0.3 is 5.73 Å². The molecule has 5 heteroatoms. The normalized spacial score (nSPS) is 35.3. The molecule has 1 aliphatic heterocycles. The van der Waals surface area contributed by atoms with Crippen molar-refractivity contribution in [3.05, 3.63) is 0 Å². The van der Waals surface area contributed by atoms with Crippen molar-refractivity contribution in [2.24, 2.45) is 23.0 Å². The van der Waals surface area contributed by atoms with Gasteiger partial charge in [-0.05, 0) is 49.5 Å². The van der Waals surface area contributed by atoms with Crippen LogP contribution in [0.2, 0.25) is 0 Å². The van der Waals surface area contributed by atoms with Crippen molar-refractivity contribution < 1.29 is 8.42 Å². The van der Waals surface area contributed by atoms with Gasteiger partial charge in [-0.15, -0.1) is 0 Å².